The van der Waals surface area contributed by atoms with Crippen LogP contribution in [-0.2, 0) is 14.3 Å². The largest absolute Gasteiger partial charge is 0.490 e. The van der Waals surface area contributed by atoms with Crippen LogP contribution in [0.1, 0.15) is 6.92 Å². The lowest BCUT2D eigenvalue weighted by Gasteiger charge is -2.31. The minimum Gasteiger partial charge on any atom is -0.430 e. The van der Waals surface area contributed by atoms with Gasteiger partial charge in [0, 0.05) is 19.6 Å². The van der Waals surface area contributed by atoms with E-state index in [9.17, 15) is 22.8 Å². The zero-order valence-corrected chi connectivity index (χ0v) is 8.50. The molecule has 0 spiro atoms. The van der Waals surface area contributed by atoms with Gasteiger partial charge in [0.05, 0.1) is 0 Å². The average Bonchev–Trinajstić information content (AvgIpc) is 2.19. The number of esters is 1. The van der Waals surface area contributed by atoms with E-state index in [4.69, 9.17) is 0 Å². The second-order valence-corrected chi connectivity index (χ2v) is 3.16. The molecule has 5 nitrogen and oxygen atoms in total. The third-order valence-electron chi connectivity index (χ3n) is 2.09. The first-order valence-corrected chi connectivity index (χ1v) is 4.66. The summed E-state index contributed by atoms with van der Waals surface area (Å²) in [6.45, 7) is 2.72. The summed E-state index contributed by atoms with van der Waals surface area (Å²) in [4.78, 5) is 23.3. The highest BCUT2D eigenvalue weighted by atomic mass is 19.4. The first-order valence-electron chi connectivity index (χ1n) is 4.66. The maximum absolute atomic E-state index is 11.9. The predicted octanol–water partition coefficient (Wildman–Crippen LogP) is -0.130. The van der Waals surface area contributed by atoms with Crippen molar-refractivity contribution in [3.63, 3.8) is 0 Å². The molecule has 1 rings (SSSR count). The molecule has 1 aliphatic rings. The molecular formula is C8H11F3N2O3. The lowest BCUT2D eigenvalue weighted by molar-refractivity contribution is -0.208. The minimum absolute atomic E-state index is 0.287. The van der Waals surface area contributed by atoms with Crippen molar-refractivity contribution >= 4 is 11.9 Å². The normalized spacial score (nSPS) is 22.1. The number of rotatable bonds is 2. The Kier molecular flexibility index (Phi) is 3.74. The molecule has 92 valence electrons. The molecule has 1 heterocycles. The Hall–Kier alpha value is -1.31. The van der Waals surface area contributed by atoms with Gasteiger partial charge in [-0.15, -0.1) is 0 Å². The van der Waals surface area contributed by atoms with Crippen LogP contribution in [0.3, 0.4) is 0 Å². The SMILES string of the molecule is CCN1CCNC(OC(=O)C(F)(F)F)C1=O. The highest BCUT2D eigenvalue weighted by molar-refractivity contribution is 5.85. The molecule has 1 amide bonds. The van der Waals surface area contributed by atoms with E-state index >= 15 is 0 Å². The van der Waals surface area contributed by atoms with Gasteiger partial charge in [-0.05, 0) is 6.92 Å². The summed E-state index contributed by atoms with van der Waals surface area (Å²) in [6, 6.07) is 0. The lowest BCUT2D eigenvalue weighted by atomic mass is 10.3. The Morgan fingerprint density at radius 3 is 2.75 bits per heavy atom. The maximum atomic E-state index is 11.9. The second kappa shape index (κ2) is 4.69. The van der Waals surface area contributed by atoms with Gasteiger partial charge in [-0.3, -0.25) is 10.1 Å². The molecule has 0 radical (unpaired) electrons. The quantitative estimate of drug-likeness (QED) is 0.683. The van der Waals surface area contributed by atoms with Gasteiger partial charge in [0.2, 0.25) is 6.23 Å². The number of hydrogen-bond donors (Lipinski definition) is 1. The lowest BCUT2D eigenvalue weighted by Crippen LogP contribution is -2.57. The number of nitrogens with zero attached hydrogens (tertiary/aromatic N) is 1. The van der Waals surface area contributed by atoms with Crippen LogP contribution in [0.2, 0.25) is 0 Å². The van der Waals surface area contributed by atoms with E-state index < -0.39 is 24.3 Å². The number of carbonyl (C=O) groups excluding carboxylic acids is 2. The van der Waals surface area contributed by atoms with Crippen molar-refractivity contribution in [1.82, 2.24) is 10.2 Å². The number of carbonyl (C=O) groups is 2. The molecule has 1 fully saturated rings. The third kappa shape index (κ3) is 2.84. The van der Waals surface area contributed by atoms with E-state index in [0.29, 0.717) is 13.1 Å². The van der Waals surface area contributed by atoms with Crippen molar-refractivity contribution < 1.29 is 27.5 Å². The van der Waals surface area contributed by atoms with Crippen LogP contribution in [0.25, 0.3) is 0 Å². The van der Waals surface area contributed by atoms with Gasteiger partial charge in [-0.25, -0.2) is 4.79 Å². The second-order valence-electron chi connectivity index (χ2n) is 3.16. The molecule has 1 aliphatic heterocycles. The van der Waals surface area contributed by atoms with Crippen LogP contribution in [0.5, 0.6) is 0 Å². The molecule has 0 aromatic heterocycles. The van der Waals surface area contributed by atoms with E-state index in [1.165, 1.54) is 4.90 Å². The van der Waals surface area contributed by atoms with Crippen molar-refractivity contribution in [1.29, 1.82) is 0 Å². The average molecular weight is 240 g/mol. The van der Waals surface area contributed by atoms with Gasteiger partial charge >= 0.3 is 12.1 Å². The fourth-order valence-corrected chi connectivity index (χ4v) is 1.27. The Balaban J connectivity index is 2.60. The Morgan fingerprint density at radius 2 is 2.25 bits per heavy atom. The molecule has 1 atom stereocenters. The number of nitrogens with one attached hydrogen (secondary N) is 1. The Bertz CT molecular complexity index is 293. The zero-order valence-electron chi connectivity index (χ0n) is 8.50. The molecule has 0 bridgehead atoms. The highest BCUT2D eigenvalue weighted by Gasteiger charge is 2.44. The molecule has 1 saturated heterocycles. The summed E-state index contributed by atoms with van der Waals surface area (Å²) >= 11 is 0. The summed E-state index contributed by atoms with van der Waals surface area (Å²) in [6.07, 6.45) is -6.63. The van der Waals surface area contributed by atoms with Crippen LogP contribution >= 0.6 is 0 Å². The number of piperazine rings is 1. The fourth-order valence-electron chi connectivity index (χ4n) is 1.27. The fraction of sp³-hybridized carbons (Fsp3) is 0.750. The Morgan fingerprint density at radius 1 is 1.62 bits per heavy atom. The zero-order chi connectivity index (χ0) is 12.3. The number of likely N-dealkylation sites (N-methyl/N-ethyl adjacent to an activating group) is 1. The Labute approximate surface area is 89.5 Å². The van der Waals surface area contributed by atoms with Gasteiger partial charge < -0.3 is 9.64 Å². The molecule has 8 heteroatoms. The van der Waals surface area contributed by atoms with Gasteiger partial charge in [0.25, 0.3) is 5.91 Å². The van der Waals surface area contributed by atoms with E-state index in [1.54, 1.807) is 6.92 Å². The van der Waals surface area contributed by atoms with E-state index in [0.717, 1.165) is 0 Å². The summed E-state index contributed by atoms with van der Waals surface area (Å²) in [5.41, 5.74) is 0. The predicted molar refractivity (Wildman–Crippen MR) is 46.2 cm³/mol. The van der Waals surface area contributed by atoms with Crippen LogP contribution in [0, 0.1) is 0 Å². The number of ether oxygens (including phenoxy) is 1. The van der Waals surface area contributed by atoms with Crippen molar-refractivity contribution in [2.24, 2.45) is 0 Å². The molecule has 1 N–H and O–H groups in total. The maximum Gasteiger partial charge on any atom is 0.490 e. The number of alkyl halides is 3. The van der Waals surface area contributed by atoms with Crippen LogP contribution < -0.4 is 5.32 Å². The van der Waals surface area contributed by atoms with E-state index in [-0.39, 0.29) is 6.54 Å². The van der Waals surface area contributed by atoms with Gasteiger partial charge in [0.1, 0.15) is 0 Å². The molecule has 16 heavy (non-hydrogen) atoms. The van der Waals surface area contributed by atoms with E-state index in [2.05, 4.69) is 10.1 Å². The van der Waals surface area contributed by atoms with Crippen molar-refractivity contribution in [2.75, 3.05) is 19.6 Å². The summed E-state index contributed by atoms with van der Waals surface area (Å²) in [5.74, 6) is -3.03. The molecular weight excluding hydrogens is 229 g/mol. The minimum atomic E-state index is -5.09. The number of hydrogen-bond acceptors (Lipinski definition) is 4. The molecule has 0 saturated carbocycles. The molecule has 1 unspecified atom stereocenters. The van der Waals surface area contributed by atoms with Crippen molar-refractivity contribution in [2.45, 2.75) is 19.3 Å². The smallest absolute Gasteiger partial charge is 0.430 e. The van der Waals surface area contributed by atoms with E-state index in [1.807, 2.05) is 0 Å². The van der Waals surface area contributed by atoms with Gasteiger partial charge in [-0.1, -0.05) is 0 Å². The van der Waals surface area contributed by atoms with Gasteiger partial charge in [-0.2, -0.15) is 13.2 Å². The topological polar surface area (TPSA) is 58.6 Å². The monoisotopic (exact) mass is 240 g/mol. The number of halogens is 3. The summed E-state index contributed by atoms with van der Waals surface area (Å²) in [7, 11) is 0. The number of amides is 1. The molecule has 0 aliphatic carbocycles. The summed E-state index contributed by atoms with van der Waals surface area (Å²) < 4.78 is 39.7. The molecule has 0 aromatic carbocycles. The summed E-state index contributed by atoms with van der Waals surface area (Å²) in [5, 5.41) is 2.40. The van der Waals surface area contributed by atoms with Crippen LogP contribution in [0.15, 0.2) is 0 Å². The first kappa shape index (κ1) is 12.8. The van der Waals surface area contributed by atoms with Crippen molar-refractivity contribution in [3.8, 4) is 0 Å². The highest BCUT2D eigenvalue weighted by Crippen LogP contribution is 2.18. The van der Waals surface area contributed by atoms with Gasteiger partial charge in [0.15, 0.2) is 0 Å². The standard InChI is InChI=1S/C8H11F3N2O3/c1-2-13-4-3-12-5(6(13)14)16-7(15)8(9,10)11/h5,12H,2-4H2,1H3. The first-order chi connectivity index (χ1) is 7.36. The molecule has 0 aromatic rings. The van der Waals surface area contributed by atoms with Crippen LogP contribution in [-0.4, -0.2) is 48.8 Å². The van der Waals surface area contributed by atoms with Crippen molar-refractivity contribution in [3.05, 3.63) is 0 Å². The third-order valence-corrected chi connectivity index (χ3v) is 2.09. The van der Waals surface area contributed by atoms with Crippen LogP contribution in [0.4, 0.5) is 13.2 Å².